The molecule has 2 fully saturated rings. The molecule has 3 rings (SSSR count). The second-order valence-electron chi connectivity index (χ2n) is 10.5. The predicted octanol–water partition coefficient (Wildman–Crippen LogP) is 5.74. The number of ether oxygens (including phenoxy) is 1. The number of carbonyl (C=O) groups excluding carboxylic acids is 3. The Morgan fingerprint density at radius 3 is 2.67 bits per heavy atom. The van der Waals surface area contributed by atoms with Crippen LogP contribution in [0.5, 0.6) is 0 Å². The van der Waals surface area contributed by atoms with Gasteiger partial charge in [-0.1, -0.05) is 12.1 Å². The molecule has 0 bridgehead atoms. The number of aromatic nitrogens is 1. The number of aryl methyl sites for hydroxylation is 1. The lowest BCUT2D eigenvalue weighted by Crippen LogP contribution is -2.46. The second-order valence-corrected chi connectivity index (χ2v) is 11.3. The molecule has 1 aliphatic heterocycles. The molecule has 1 amide bonds. The maximum atomic E-state index is 13.4. The third-order valence-electron chi connectivity index (χ3n) is 6.67. The van der Waals surface area contributed by atoms with Crippen molar-refractivity contribution in [2.75, 3.05) is 0 Å². The molecule has 0 N–H and O–H groups in total. The van der Waals surface area contributed by atoms with E-state index >= 15 is 0 Å². The molecular formula is C26H35BrN2O4. The Labute approximate surface area is 205 Å². The summed E-state index contributed by atoms with van der Waals surface area (Å²) in [6, 6.07) is 3.19. The molecule has 1 aromatic heterocycles. The fourth-order valence-corrected chi connectivity index (χ4v) is 5.16. The van der Waals surface area contributed by atoms with Crippen LogP contribution in [0.3, 0.4) is 0 Å². The van der Waals surface area contributed by atoms with Crippen molar-refractivity contribution >= 4 is 33.6 Å². The van der Waals surface area contributed by atoms with Gasteiger partial charge in [0.25, 0.3) is 0 Å². The van der Waals surface area contributed by atoms with E-state index in [0.717, 1.165) is 24.8 Å². The molecule has 1 saturated heterocycles. The minimum absolute atomic E-state index is 0.0292. The van der Waals surface area contributed by atoms with Crippen LogP contribution in [0.4, 0.5) is 4.79 Å². The molecule has 0 unspecified atom stereocenters. The molecule has 2 heterocycles. The molecule has 1 saturated carbocycles. The molecule has 1 aromatic rings. The topological polar surface area (TPSA) is 76.6 Å². The first-order valence-electron chi connectivity index (χ1n) is 11.7. The fraction of sp³-hybridized carbons (Fsp3) is 0.615. The second kappa shape index (κ2) is 10.1. The van der Waals surface area contributed by atoms with Gasteiger partial charge in [0.1, 0.15) is 16.0 Å². The van der Waals surface area contributed by atoms with Gasteiger partial charge in [0.05, 0.1) is 18.2 Å². The lowest BCUT2D eigenvalue weighted by atomic mass is 9.90. The van der Waals surface area contributed by atoms with Gasteiger partial charge in [-0.05, 0) is 92.8 Å². The number of likely N-dealkylation sites (tertiary alicyclic amines) is 1. The van der Waals surface area contributed by atoms with E-state index in [9.17, 15) is 14.4 Å². The number of carbonyl (C=O) groups is 3. The lowest BCUT2D eigenvalue weighted by molar-refractivity contribution is -0.123. The number of hydrogen-bond acceptors (Lipinski definition) is 5. The first-order chi connectivity index (χ1) is 15.5. The summed E-state index contributed by atoms with van der Waals surface area (Å²) in [5.74, 6) is 0.211. The molecule has 0 radical (unpaired) electrons. The van der Waals surface area contributed by atoms with Crippen LogP contribution in [0.25, 0.3) is 0 Å². The van der Waals surface area contributed by atoms with Gasteiger partial charge in [-0.2, -0.15) is 0 Å². The monoisotopic (exact) mass is 518 g/mol. The Bertz CT molecular complexity index is 939. The Balaban J connectivity index is 1.74. The molecule has 7 heteroatoms. The summed E-state index contributed by atoms with van der Waals surface area (Å²) in [6.07, 6.45) is 6.38. The minimum Gasteiger partial charge on any atom is -0.444 e. The summed E-state index contributed by atoms with van der Waals surface area (Å²) in [4.78, 5) is 45.0. The van der Waals surface area contributed by atoms with Gasteiger partial charge in [-0.3, -0.25) is 14.5 Å². The number of ketones is 2. The largest absolute Gasteiger partial charge is 0.444 e. The van der Waals surface area contributed by atoms with E-state index in [1.165, 1.54) is 0 Å². The molecule has 3 atom stereocenters. The fourth-order valence-electron chi connectivity index (χ4n) is 4.81. The Hall–Kier alpha value is -2.02. The normalized spacial score (nSPS) is 23.7. The van der Waals surface area contributed by atoms with Crippen LogP contribution >= 0.6 is 15.9 Å². The molecule has 0 spiro atoms. The van der Waals surface area contributed by atoms with E-state index in [-0.39, 0.29) is 29.4 Å². The van der Waals surface area contributed by atoms with Crippen molar-refractivity contribution in [3.8, 4) is 0 Å². The van der Waals surface area contributed by atoms with Crippen molar-refractivity contribution in [2.24, 2.45) is 5.41 Å². The number of hydrogen-bond donors (Lipinski definition) is 0. The van der Waals surface area contributed by atoms with Crippen molar-refractivity contribution in [3.05, 3.63) is 40.6 Å². The van der Waals surface area contributed by atoms with Gasteiger partial charge in [-0.25, -0.2) is 9.78 Å². The summed E-state index contributed by atoms with van der Waals surface area (Å²) in [5, 5.41) is 0. The zero-order valence-corrected chi connectivity index (χ0v) is 21.7. The molecule has 0 aromatic carbocycles. The zero-order chi connectivity index (χ0) is 24.4. The number of piperidine rings is 1. The average molecular weight is 519 g/mol. The van der Waals surface area contributed by atoms with Crippen molar-refractivity contribution in [2.45, 2.75) is 96.7 Å². The highest BCUT2D eigenvalue weighted by molar-refractivity contribution is 9.10. The van der Waals surface area contributed by atoms with E-state index in [0.29, 0.717) is 36.0 Å². The van der Waals surface area contributed by atoms with Crippen LogP contribution in [0.15, 0.2) is 29.4 Å². The van der Waals surface area contributed by atoms with Crippen LogP contribution < -0.4 is 0 Å². The first kappa shape index (κ1) is 25.6. The van der Waals surface area contributed by atoms with Crippen molar-refractivity contribution in [3.63, 3.8) is 0 Å². The zero-order valence-electron chi connectivity index (χ0n) is 20.2. The molecule has 180 valence electrons. The average Bonchev–Trinajstić information content (AvgIpc) is 3.31. The number of pyridine rings is 1. The van der Waals surface area contributed by atoms with Gasteiger partial charge in [0.15, 0.2) is 5.78 Å². The maximum absolute atomic E-state index is 13.4. The summed E-state index contributed by atoms with van der Waals surface area (Å²) in [6.45, 7) is 11.1. The SMILES string of the molecule is C=CCCCC(=O)CC[C@@]12C[C@@H](C(=O)Cc3nc(Br)ccc3C)N(C(=O)OC(C)(C)C)[C@@H]1C2. The van der Waals surface area contributed by atoms with Gasteiger partial charge < -0.3 is 4.74 Å². The van der Waals surface area contributed by atoms with E-state index in [1.54, 1.807) is 4.90 Å². The van der Waals surface area contributed by atoms with Crippen LogP contribution in [0.2, 0.25) is 0 Å². The van der Waals surface area contributed by atoms with Gasteiger partial charge in [-0.15, -0.1) is 6.58 Å². The summed E-state index contributed by atoms with van der Waals surface area (Å²) >= 11 is 3.38. The third-order valence-corrected chi connectivity index (χ3v) is 7.11. The minimum atomic E-state index is -0.644. The van der Waals surface area contributed by atoms with E-state index < -0.39 is 17.7 Å². The van der Waals surface area contributed by atoms with Gasteiger partial charge in [0, 0.05) is 18.9 Å². The number of Topliss-reactive ketones (excluding diaryl/α,β-unsaturated/α-hetero) is 2. The molecule has 33 heavy (non-hydrogen) atoms. The number of amides is 1. The highest BCUT2D eigenvalue weighted by atomic mass is 79.9. The standard InChI is InChI=1S/C26H35BrN2O4/c1-6-7-8-9-18(30)12-13-26-15-20(21(31)14-19-17(2)10-11-23(27)28-19)29(22(26)16-26)24(32)33-25(3,4)5/h6,10-11,20,22H,1,7-9,12-16H2,2-5H3/t20-,22+,26-/m0/s1. The number of rotatable bonds is 10. The summed E-state index contributed by atoms with van der Waals surface area (Å²) in [7, 11) is 0. The molecule has 2 aliphatic rings. The van der Waals surface area contributed by atoms with E-state index in [2.05, 4.69) is 27.5 Å². The highest BCUT2D eigenvalue weighted by Crippen LogP contribution is 2.62. The third kappa shape index (κ3) is 6.31. The quantitative estimate of drug-likeness (QED) is 0.224. The summed E-state index contributed by atoms with van der Waals surface area (Å²) < 4.78 is 6.34. The maximum Gasteiger partial charge on any atom is 0.411 e. The van der Waals surface area contributed by atoms with Crippen LogP contribution in [0, 0.1) is 12.3 Å². The molecule has 1 aliphatic carbocycles. The van der Waals surface area contributed by atoms with E-state index in [4.69, 9.17) is 4.74 Å². The number of allylic oxidation sites excluding steroid dienone is 1. The van der Waals surface area contributed by atoms with Gasteiger partial charge in [0.2, 0.25) is 0 Å². The summed E-state index contributed by atoms with van der Waals surface area (Å²) in [5.41, 5.74) is 0.850. The number of unbranched alkanes of at least 4 members (excludes halogenated alkanes) is 1. The lowest BCUT2D eigenvalue weighted by Gasteiger charge is -2.29. The Morgan fingerprint density at radius 2 is 2.00 bits per heavy atom. The predicted molar refractivity (Wildman–Crippen MR) is 131 cm³/mol. The van der Waals surface area contributed by atoms with E-state index in [1.807, 2.05) is 45.9 Å². The smallest absolute Gasteiger partial charge is 0.411 e. The number of nitrogens with zero attached hydrogens (tertiary/aromatic N) is 2. The van der Waals surface area contributed by atoms with Gasteiger partial charge >= 0.3 is 6.09 Å². The highest BCUT2D eigenvalue weighted by Gasteiger charge is 2.67. The Morgan fingerprint density at radius 1 is 1.27 bits per heavy atom. The molecule has 6 nitrogen and oxygen atoms in total. The van der Waals surface area contributed by atoms with Crippen molar-refractivity contribution in [1.82, 2.24) is 9.88 Å². The number of halogens is 1. The number of fused-ring (bicyclic) bond motifs is 1. The first-order valence-corrected chi connectivity index (χ1v) is 12.5. The van der Waals surface area contributed by atoms with Crippen LogP contribution in [0.1, 0.15) is 77.0 Å². The van der Waals surface area contributed by atoms with Crippen LogP contribution in [-0.4, -0.2) is 45.2 Å². The molecular weight excluding hydrogens is 484 g/mol. The van der Waals surface area contributed by atoms with Crippen molar-refractivity contribution < 1.29 is 19.1 Å². The van der Waals surface area contributed by atoms with Crippen molar-refractivity contribution in [1.29, 1.82) is 0 Å². The van der Waals surface area contributed by atoms with Crippen LogP contribution in [-0.2, 0) is 20.7 Å². The Kier molecular flexibility index (Phi) is 7.82.